The fourth-order valence-electron chi connectivity index (χ4n) is 2.78. The molecule has 0 aliphatic heterocycles. The summed E-state index contributed by atoms with van der Waals surface area (Å²) in [6, 6.07) is 11.2. The van der Waals surface area contributed by atoms with E-state index in [0.29, 0.717) is 0 Å². The average Bonchev–Trinajstić information content (AvgIpc) is 3.10. The first kappa shape index (κ1) is 21.4. The molecule has 0 aliphatic carbocycles. The molecule has 30 heavy (non-hydrogen) atoms. The van der Waals surface area contributed by atoms with E-state index in [9.17, 15) is 22.4 Å². The highest BCUT2D eigenvalue weighted by Crippen LogP contribution is 2.33. The minimum absolute atomic E-state index is 0.0832. The molecule has 0 atom stereocenters. The van der Waals surface area contributed by atoms with Crippen molar-refractivity contribution in [2.45, 2.75) is 32.8 Å². The van der Waals surface area contributed by atoms with Gasteiger partial charge in [-0.2, -0.15) is 8.78 Å². The van der Waals surface area contributed by atoms with Gasteiger partial charge in [0.2, 0.25) is 5.89 Å². The molecule has 9 heteroatoms. The monoisotopic (exact) mass is 422 g/mol. The largest absolute Gasteiger partial charge is 0.440 e. The number of rotatable bonds is 7. The zero-order valence-corrected chi connectivity index (χ0v) is 16.1. The molecule has 5 nitrogen and oxygen atoms in total. The van der Waals surface area contributed by atoms with Crippen molar-refractivity contribution < 1.29 is 31.5 Å². The summed E-state index contributed by atoms with van der Waals surface area (Å²) in [6.45, 7) is -0.205. The highest BCUT2D eigenvalue weighted by Gasteiger charge is 2.29. The number of ether oxygens (including phenoxy) is 1. The quantitative estimate of drug-likeness (QED) is 0.474. The lowest BCUT2D eigenvalue weighted by Crippen LogP contribution is -2.15. The van der Waals surface area contributed by atoms with Gasteiger partial charge in [-0.3, -0.25) is 4.79 Å². The molecule has 0 saturated carbocycles. The van der Waals surface area contributed by atoms with E-state index in [1.165, 1.54) is 56.3 Å². The van der Waals surface area contributed by atoms with Crippen LogP contribution in [0.3, 0.4) is 0 Å². The Balaban J connectivity index is 1.86. The van der Waals surface area contributed by atoms with Crippen molar-refractivity contribution in [2.75, 3.05) is 5.32 Å². The molecule has 1 N–H and O–H groups in total. The summed E-state index contributed by atoms with van der Waals surface area (Å²) >= 11 is 0. The van der Waals surface area contributed by atoms with Gasteiger partial charge in [-0.25, -0.2) is 13.8 Å². The normalized spacial score (nSPS) is 11.6. The zero-order chi connectivity index (χ0) is 21.9. The second-order valence-corrected chi connectivity index (χ2v) is 6.39. The van der Waals surface area contributed by atoms with Crippen molar-refractivity contribution in [3.63, 3.8) is 0 Å². The van der Waals surface area contributed by atoms with Crippen molar-refractivity contribution >= 4 is 11.6 Å². The van der Waals surface area contributed by atoms with Gasteiger partial charge in [-0.05, 0) is 31.2 Å². The molecule has 1 heterocycles. The third-order valence-corrected chi connectivity index (χ3v) is 4.33. The standard InChI is InChI=1S/C21H18F4N2O3/c1-3-21(24,25)13-7-6-8-14(11-13)26-18(28)17-12(2)29-19(27-17)15-9-4-5-10-16(15)30-20(22)23/h4-11,20H,3H2,1-2H3,(H,26,28). The number of aryl methyl sites for hydroxylation is 1. The van der Waals surface area contributed by atoms with E-state index in [1.54, 1.807) is 6.07 Å². The van der Waals surface area contributed by atoms with Gasteiger partial charge in [0.15, 0.2) is 5.69 Å². The third-order valence-electron chi connectivity index (χ3n) is 4.33. The van der Waals surface area contributed by atoms with Crippen LogP contribution in [0, 0.1) is 6.92 Å². The Hall–Kier alpha value is -3.36. The summed E-state index contributed by atoms with van der Waals surface area (Å²) in [7, 11) is 0. The van der Waals surface area contributed by atoms with Crippen LogP contribution in [-0.4, -0.2) is 17.5 Å². The van der Waals surface area contributed by atoms with Crippen molar-refractivity contribution in [3.8, 4) is 17.2 Å². The van der Waals surface area contributed by atoms with Crippen LogP contribution < -0.4 is 10.1 Å². The lowest BCUT2D eigenvalue weighted by atomic mass is 10.1. The smallest absolute Gasteiger partial charge is 0.387 e. The number of para-hydroxylation sites is 1. The fourth-order valence-corrected chi connectivity index (χ4v) is 2.78. The maximum atomic E-state index is 13.9. The Kier molecular flexibility index (Phi) is 6.09. The Labute approximate surface area is 169 Å². The molecule has 3 aromatic rings. The highest BCUT2D eigenvalue weighted by molar-refractivity contribution is 6.03. The van der Waals surface area contributed by atoms with E-state index >= 15 is 0 Å². The number of carbonyl (C=O) groups is 1. The summed E-state index contributed by atoms with van der Waals surface area (Å²) in [5, 5.41) is 2.50. The van der Waals surface area contributed by atoms with Gasteiger partial charge in [0, 0.05) is 17.7 Å². The Morgan fingerprint density at radius 2 is 1.93 bits per heavy atom. The zero-order valence-electron chi connectivity index (χ0n) is 16.1. The van der Waals surface area contributed by atoms with Crippen LogP contribution in [0.5, 0.6) is 5.75 Å². The molecule has 0 unspecified atom stereocenters. The fraction of sp³-hybridized carbons (Fsp3) is 0.238. The van der Waals surface area contributed by atoms with Crippen molar-refractivity contribution in [1.29, 1.82) is 0 Å². The number of nitrogens with one attached hydrogen (secondary N) is 1. The van der Waals surface area contributed by atoms with E-state index in [-0.39, 0.29) is 46.3 Å². The van der Waals surface area contributed by atoms with Gasteiger partial charge in [0.1, 0.15) is 11.5 Å². The number of hydrogen-bond donors (Lipinski definition) is 1. The van der Waals surface area contributed by atoms with Gasteiger partial charge < -0.3 is 14.5 Å². The molecule has 0 bridgehead atoms. The molecule has 2 aromatic carbocycles. The van der Waals surface area contributed by atoms with E-state index in [0.717, 1.165) is 0 Å². The summed E-state index contributed by atoms with van der Waals surface area (Å²) in [5.74, 6) is -3.82. The molecule has 158 valence electrons. The molecule has 0 radical (unpaired) electrons. The maximum Gasteiger partial charge on any atom is 0.387 e. The summed E-state index contributed by atoms with van der Waals surface area (Å²) in [4.78, 5) is 16.7. The number of oxazole rings is 1. The van der Waals surface area contributed by atoms with Gasteiger partial charge >= 0.3 is 6.61 Å². The number of halogens is 4. The van der Waals surface area contributed by atoms with Crippen LogP contribution in [0.2, 0.25) is 0 Å². The molecule has 3 rings (SSSR count). The van der Waals surface area contributed by atoms with Crippen LogP contribution in [-0.2, 0) is 5.92 Å². The second kappa shape index (κ2) is 8.56. The lowest BCUT2D eigenvalue weighted by molar-refractivity contribution is -0.0495. The predicted molar refractivity (Wildman–Crippen MR) is 102 cm³/mol. The van der Waals surface area contributed by atoms with E-state index in [2.05, 4.69) is 15.0 Å². The summed E-state index contributed by atoms with van der Waals surface area (Å²) in [6.07, 6.45) is -0.379. The predicted octanol–water partition coefficient (Wildman–Crippen LogP) is 6.01. The minimum Gasteiger partial charge on any atom is -0.440 e. The van der Waals surface area contributed by atoms with Gasteiger partial charge in [-0.15, -0.1) is 0 Å². The highest BCUT2D eigenvalue weighted by atomic mass is 19.3. The number of nitrogens with zero attached hydrogens (tertiary/aromatic N) is 1. The molecule has 0 aliphatic rings. The maximum absolute atomic E-state index is 13.9. The van der Waals surface area contributed by atoms with Crippen LogP contribution in [0.1, 0.15) is 35.2 Å². The molecular formula is C21H18F4N2O3. The Bertz CT molecular complexity index is 1050. The number of benzene rings is 2. The topological polar surface area (TPSA) is 64.4 Å². The number of anilines is 1. The Morgan fingerprint density at radius 3 is 2.63 bits per heavy atom. The van der Waals surface area contributed by atoms with E-state index in [4.69, 9.17) is 4.42 Å². The Morgan fingerprint density at radius 1 is 1.20 bits per heavy atom. The first-order chi connectivity index (χ1) is 14.2. The second-order valence-electron chi connectivity index (χ2n) is 6.39. The molecule has 1 amide bonds. The number of carbonyl (C=O) groups excluding carboxylic acids is 1. The van der Waals surface area contributed by atoms with Crippen molar-refractivity contribution in [3.05, 3.63) is 65.5 Å². The number of hydrogen-bond acceptors (Lipinski definition) is 4. The van der Waals surface area contributed by atoms with Gasteiger partial charge in [0.25, 0.3) is 11.8 Å². The number of aromatic nitrogens is 1. The van der Waals surface area contributed by atoms with E-state index in [1.807, 2.05) is 0 Å². The van der Waals surface area contributed by atoms with Crippen LogP contribution in [0.25, 0.3) is 11.5 Å². The number of alkyl halides is 4. The van der Waals surface area contributed by atoms with E-state index < -0.39 is 18.4 Å². The molecule has 0 saturated heterocycles. The van der Waals surface area contributed by atoms with Gasteiger partial charge in [-0.1, -0.05) is 31.2 Å². The van der Waals surface area contributed by atoms with Crippen molar-refractivity contribution in [1.82, 2.24) is 4.98 Å². The average molecular weight is 422 g/mol. The van der Waals surface area contributed by atoms with Crippen LogP contribution in [0.15, 0.2) is 52.9 Å². The third kappa shape index (κ3) is 4.61. The van der Waals surface area contributed by atoms with Crippen LogP contribution in [0.4, 0.5) is 23.2 Å². The molecule has 0 spiro atoms. The lowest BCUT2D eigenvalue weighted by Gasteiger charge is -2.15. The summed E-state index contributed by atoms with van der Waals surface area (Å²) in [5.41, 5.74) is -0.0245. The molecule has 1 aromatic heterocycles. The SMILES string of the molecule is CCC(F)(F)c1cccc(NC(=O)c2nc(-c3ccccc3OC(F)F)oc2C)c1. The minimum atomic E-state index is -3.04. The molecular weight excluding hydrogens is 404 g/mol. The molecule has 0 fully saturated rings. The van der Waals surface area contributed by atoms with Crippen LogP contribution >= 0.6 is 0 Å². The van der Waals surface area contributed by atoms with Crippen molar-refractivity contribution in [2.24, 2.45) is 0 Å². The van der Waals surface area contributed by atoms with Gasteiger partial charge in [0.05, 0.1) is 5.56 Å². The first-order valence-electron chi connectivity index (χ1n) is 9.02. The summed E-state index contributed by atoms with van der Waals surface area (Å²) < 4.78 is 63.0. The number of amides is 1. The first-order valence-corrected chi connectivity index (χ1v) is 9.02.